The van der Waals surface area contributed by atoms with Crippen LogP contribution in [-0.2, 0) is 22.9 Å². The molecule has 0 aromatic carbocycles. The van der Waals surface area contributed by atoms with Gasteiger partial charge >= 0.3 is 7.82 Å². The van der Waals surface area contributed by atoms with Crippen LogP contribution in [0.5, 0.6) is 0 Å². The molecule has 262 valence electrons. The highest BCUT2D eigenvalue weighted by Gasteiger charge is 2.29. The minimum absolute atomic E-state index is 0.138. The quantitative estimate of drug-likeness (QED) is 0.0299. The summed E-state index contributed by atoms with van der Waals surface area (Å²) >= 11 is 3.23. The van der Waals surface area contributed by atoms with E-state index in [1.165, 1.54) is 123 Å². The third-order valence-electron chi connectivity index (χ3n) is 8.04. The number of hydrogen-bond donors (Lipinski definition) is 2. The molecule has 44 heavy (non-hydrogen) atoms. The van der Waals surface area contributed by atoms with Crippen LogP contribution in [-0.4, -0.2) is 48.8 Å². The van der Waals surface area contributed by atoms with Gasteiger partial charge in [0, 0.05) is 18.9 Å². The van der Waals surface area contributed by atoms with Gasteiger partial charge < -0.3 is 10.4 Å². The van der Waals surface area contributed by atoms with Crippen molar-refractivity contribution in [1.29, 1.82) is 0 Å². The Morgan fingerprint density at radius 2 is 1.20 bits per heavy atom. The van der Waals surface area contributed by atoms with Crippen molar-refractivity contribution in [3.05, 3.63) is 12.2 Å². The zero-order valence-corrected chi connectivity index (χ0v) is 31.2. The van der Waals surface area contributed by atoms with E-state index in [-0.39, 0.29) is 19.1 Å². The van der Waals surface area contributed by atoms with E-state index in [1.807, 2.05) is 6.08 Å². The number of nitrogens with one attached hydrogen (secondary N) is 1. The number of halogens is 1. The second kappa shape index (κ2) is 32.7. The number of hydrogen-bond acceptors (Lipinski definition) is 6. The predicted octanol–water partition coefficient (Wildman–Crippen LogP) is 11.0. The first-order valence-electron chi connectivity index (χ1n) is 18.1. The number of rotatable bonds is 34. The van der Waals surface area contributed by atoms with Gasteiger partial charge in [0.1, 0.15) is 0 Å². The first kappa shape index (κ1) is 43.8. The van der Waals surface area contributed by atoms with Gasteiger partial charge in [-0.3, -0.25) is 18.4 Å². The van der Waals surface area contributed by atoms with E-state index >= 15 is 0 Å². The summed E-state index contributed by atoms with van der Waals surface area (Å²) in [5.41, 5.74) is 0. The third-order valence-corrected chi connectivity index (χ3v) is 9.77. The van der Waals surface area contributed by atoms with Gasteiger partial charge in [0.25, 0.3) is 0 Å². The van der Waals surface area contributed by atoms with Crippen LogP contribution in [0.2, 0.25) is 0 Å². The lowest BCUT2D eigenvalue weighted by Crippen LogP contribution is -2.45. The van der Waals surface area contributed by atoms with Gasteiger partial charge in [-0.25, -0.2) is 4.57 Å². The molecule has 9 heteroatoms. The fourth-order valence-electron chi connectivity index (χ4n) is 5.21. The molecule has 0 radical (unpaired) electrons. The smallest absolute Gasteiger partial charge is 0.387 e. The van der Waals surface area contributed by atoms with E-state index in [0.717, 1.165) is 32.1 Å². The summed E-state index contributed by atoms with van der Waals surface area (Å²) in [5.74, 6) is -0.138. The normalized spacial score (nSPS) is 14.6. The summed E-state index contributed by atoms with van der Waals surface area (Å²) in [7, 11) is -2.52. The van der Waals surface area contributed by atoms with E-state index in [2.05, 4.69) is 35.1 Å². The van der Waals surface area contributed by atoms with Crippen LogP contribution in [0.1, 0.15) is 168 Å². The largest absolute Gasteiger partial charge is 0.474 e. The van der Waals surface area contributed by atoms with Gasteiger partial charge in [-0.05, 0) is 19.3 Å². The van der Waals surface area contributed by atoms with E-state index in [4.69, 9.17) is 13.6 Å². The second-order valence-electron chi connectivity index (χ2n) is 12.2. The molecule has 1 amide bonds. The number of carbonyl (C=O) groups is 1. The van der Waals surface area contributed by atoms with Crippen molar-refractivity contribution in [2.75, 3.05) is 25.7 Å². The number of allylic oxidation sites excluding steroid dienone is 1. The highest BCUT2D eigenvalue weighted by molar-refractivity contribution is 9.09. The SMILES string of the molecule is CCCCCCCCCCCCC/C=C/[C@@H](O)[C@H](COP(=O)(OC)OCCBr)NC(=O)CCCCCCCCCCCCC. The number of aliphatic hydroxyl groups is 1. The molecule has 0 aliphatic rings. The van der Waals surface area contributed by atoms with Gasteiger partial charge in [0.2, 0.25) is 5.91 Å². The molecule has 0 aliphatic carbocycles. The second-order valence-corrected chi connectivity index (χ2v) is 14.7. The van der Waals surface area contributed by atoms with Crippen molar-refractivity contribution >= 4 is 29.7 Å². The minimum Gasteiger partial charge on any atom is -0.387 e. The molecule has 2 N–H and O–H groups in total. The molecule has 0 heterocycles. The first-order valence-corrected chi connectivity index (χ1v) is 20.7. The van der Waals surface area contributed by atoms with Crippen LogP contribution >= 0.6 is 23.8 Å². The Morgan fingerprint density at radius 1 is 0.750 bits per heavy atom. The topological polar surface area (TPSA) is 94.1 Å². The summed E-state index contributed by atoms with van der Waals surface area (Å²) in [5, 5.41) is 14.3. The van der Waals surface area contributed by atoms with Gasteiger partial charge in [0.15, 0.2) is 0 Å². The Morgan fingerprint density at radius 3 is 1.66 bits per heavy atom. The maximum Gasteiger partial charge on any atom is 0.474 e. The predicted molar refractivity (Wildman–Crippen MR) is 190 cm³/mol. The summed E-state index contributed by atoms with van der Waals surface area (Å²) in [6.45, 7) is 4.48. The molecule has 0 bridgehead atoms. The number of unbranched alkanes of at least 4 members (excludes halogenated alkanes) is 21. The molecule has 0 saturated carbocycles. The summed E-state index contributed by atoms with van der Waals surface area (Å²) < 4.78 is 28.4. The number of alkyl halides is 1. The number of phosphoric ester groups is 1. The molecule has 3 atom stereocenters. The summed E-state index contributed by atoms with van der Waals surface area (Å²) in [6.07, 6.45) is 31.7. The number of amides is 1. The van der Waals surface area contributed by atoms with Crippen LogP contribution < -0.4 is 5.32 Å². The number of phosphoric acid groups is 1. The fourth-order valence-corrected chi connectivity index (χ4v) is 6.57. The first-order chi connectivity index (χ1) is 21.4. The average molecular weight is 711 g/mol. The third kappa shape index (κ3) is 28.0. The maximum atomic E-state index is 12.7. The number of carbonyl (C=O) groups excluding carboxylic acids is 1. The van der Waals surface area contributed by atoms with Crippen LogP contribution in [0.25, 0.3) is 0 Å². The maximum absolute atomic E-state index is 12.7. The Balaban J connectivity index is 4.47. The monoisotopic (exact) mass is 709 g/mol. The summed E-state index contributed by atoms with van der Waals surface area (Å²) in [4.78, 5) is 12.7. The van der Waals surface area contributed by atoms with E-state index in [1.54, 1.807) is 6.08 Å². The Hall–Kier alpha value is -0.240. The van der Waals surface area contributed by atoms with Crippen molar-refractivity contribution in [2.45, 2.75) is 180 Å². The van der Waals surface area contributed by atoms with Crippen molar-refractivity contribution in [1.82, 2.24) is 5.32 Å². The van der Waals surface area contributed by atoms with E-state index < -0.39 is 20.0 Å². The van der Waals surface area contributed by atoms with Crippen molar-refractivity contribution < 1.29 is 28.0 Å². The highest BCUT2D eigenvalue weighted by Crippen LogP contribution is 2.48. The molecule has 0 rings (SSSR count). The van der Waals surface area contributed by atoms with Crippen molar-refractivity contribution in [2.24, 2.45) is 0 Å². The molecule has 0 aromatic heterocycles. The highest BCUT2D eigenvalue weighted by atomic mass is 79.9. The molecule has 1 unspecified atom stereocenters. The lowest BCUT2D eigenvalue weighted by molar-refractivity contribution is -0.123. The van der Waals surface area contributed by atoms with Crippen molar-refractivity contribution in [3.8, 4) is 0 Å². The van der Waals surface area contributed by atoms with Crippen molar-refractivity contribution in [3.63, 3.8) is 0 Å². The van der Waals surface area contributed by atoms with Gasteiger partial charge in [-0.15, -0.1) is 0 Å². The molecular weight excluding hydrogens is 641 g/mol. The molecule has 0 aromatic rings. The van der Waals surface area contributed by atoms with Gasteiger partial charge in [-0.2, -0.15) is 0 Å². The standard InChI is InChI=1S/C35H69BrNO6P/c1-4-6-8-10-12-14-16-17-19-20-22-24-26-28-34(38)33(32-43-44(40,41-3)42-31-30-36)37-35(39)29-27-25-23-21-18-15-13-11-9-7-5-2/h26,28,33-34,38H,4-25,27,29-32H2,1-3H3,(H,37,39)/b28-26+/t33-,34+,44?/m0/s1. The molecule has 0 saturated heterocycles. The van der Waals surface area contributed by atoms with E-state index in [9.17, 15) is 14.5 Å². The summed E-state index contributed by atoms with van der Waals surface area (Å²) in [6, 6.07) is -0.750. The lowest BCUT2D eigenvalue weighted by atomic mass is 10.0. The van der Waals surface area contributed by atoms with Crippen LogP contribution in [0.15, 0.2) is 12.2 Å². The van der Waals surface area contributed by atoms with Gasteiger partial charge in [0.05, 0.1) is 25.4 Å². The molecule has 0 spiro atoms. The lowest BCUT2D eigenvalue weighted by Gasteiger charge is -2.24. The van der Waals surface area contributed by atoms with E-state index in [0.29, 0.717) is 11.8 Å². The average Bonchev–Trinajstić information content (AvgIpc) is 3.02. The Bertz CT molecular complexity index is 711. The Kier molecular flexibility index (Phi) is 32.5. The van der Waals surface area contributed by atoms with Crippen LogP contribution in [0.3, 0.4) is 0 Å². The number of aliphatic hydroxyl groups excluding tert-OH is 1. The molecule has 0 fully saturated rings. The van der Waals surface area contributed by atoms with Gasteiger partial charge in [-0.1, -0.05) is 170 Å². The zero-order valence-electron chi connectivity index (χ0n) is 28.7. The molecule has 0 aliphatic heterocycles. The molecule has 7 nitrogen and oxygen atoms in total. The zero-order chi connectivity index (χ0) is 32.6. The molecular formula is C35H69BrNO6P. The van der Waals surface area contributed by atoms with Crippen LogP contribution in [0, 0.1) is 0 Å². The van der Waals surface area contributed by atoms with Crippen LogP contribution in [0.4, 0.5) is 0 Å². The minimum atomic E-state index is -3.78. The fraction of sp³-hybridized carbons (Fsp3) is 0.914. The Labute approximate surface area is 280 Å².